The maximum atomic E-state index is 11.1. The van der Waals surface area contributed by atoms with Crippen molar-refractivity contribution in [2.75, 3.05) is 7.11 Å². The summed E-state index contributed by atoms with van der Waals surface area (Å²) in [5, 5.41) is 2.88. The second-order valence-electron chi connectivity index (χ2n) is 3.69. The second-order valence-corrected chi connectivity index (χ2v) is 3.69. The zero-order valence-electron chi connectivity index (χ0n) is 8.35. The van der Waals surface area contributed by atoms with Crippen LogP contribution < -0.4 is 5.32 Å². The summed E-state index contributed by atoms with van der Waals surface area (Å²) in [7, 11) is 1.39. The highest BCUT2D eigenvalue weighted by molar-refractivity contribution is 5.69. The van der Waals surface area contributed by atoms with Gasteiger partial charge in [-0.2, -0.15) is 0 Å². The summed E-state index contributed by atoms with van der Waals surface area (Å²) < 4.78 is 4.60. The van der Waals surface area contributed by atoms with Crippen LogP contribution in [0.3, 0.4) is 0 Å². The van der Waals surface area contributed by atoms with Gasteiger partial charge in [-0.05, 0) is 19.8 Å². The molecule has 1 fully saturated rings. The van der Waals surface area contributed by atoms with Gasteiger partial charge in [0.25, 0.3) is 0 Å². The molecule has 1 amide bonds. The lowest BCUT2D eigenvalue weighted by Gasteiger charge is -2.30. The lowest BCUT2D eigenvalue weighted by atomic mass is 9.90. The van der Waals surface area contributed by atoms with Crippen molar-refractivity contribution < 1.29 is 9.53 Å². The van der Waals surface area contributed by atoms with Gasteiger partial charge >= 0.3 is 6.09 Å². The summed E-state index contributed by atoms with van der Waals surface area (Å²) in [6.07, 6.45) is 3.91. The van der Waals surface area contributed by atoms with Crippen molar-refractivity contribution in [3.05, 3.63) is 12.2 Å². The maximum Gasteiger partial charge on any atom is 0.407 e. The molecule has 3 heteroatoms. The Morgan fingerprint density at radius 3 is 2.38 bits per heavy atom. The van der Waals surface area contributed by atoms with Crippen LogP contribution in [0.25, 0.3) is 0 Å². The summed E-state index contributed by atoms with van der Waals surface area (Å²) in [6, 6.07) is 0. The van der Waals surface area contributed by atoms with E-state index in [4.69, 9.17) is 0 Å². The lowest BCUT2D eigenvalue weighted by Crippen LogP contribution is -2.46. The first-order valence-corrected chi connectivity index (χ1v) is 4.63. The Morgan fingerprint density at radius 1 is 1.46 bits per heavy atom. The van der Waals surface area contributed by atoms with E-state index in [2.05, 4.69) is 16.6 Å². The molecule has 0 bridgehead atoms. The number of hydrogen-bond donors (Lipinski definition) is 1. The molecule has 0 unspecified atom stereocenters. The minimum Gasteiger partial charge on any atom is -0.453 e. The molecule has 1 N–H and O–H groups in total. The molecule has 0 aromatic carbocycles. The molecule has 3 nitrogen and oxygen atoms in total. The van der Waals surface area contributed by atoms with Crippen LogP contribution in [0.5, 0.6) is 0 Å². The Hall–Kier alpha value is -0.990. The highest BCUT2D eigenvalue weighted by atomic mass is 16.5. The van der Waals surface area contributed by atoms with E-state index in [9.17, 15) is 4.79 Å². The van der Waals surface area contributed by atoms with Crippen LogP contribution in [0, 0.1) is 0 Å². The van der Waals surface area contributed by atoms with Crippen molar-refractivity contribution >= 4 is 6.09 Å². The lowest BCUT2D eigenvalue weighted by molar-refractivity contribution is 0.160. The minimum atomic E-state index is -0.357. The smallest absolute Gasteiger partial charge is 0.407 e. The highest BCUT2D eigenvalue weighted by Crippen LogP contribution is 2.34. The number of amides is 1. The molecule has 13 heavy (non-hydrogen) atoms. The topological polar surface area (TPSA) is 38.3 Å². The number of hydrogen-bond acceptors (Lipinski definition) is 2. The molecule has 1 saturated carbocycles. The Bertz CT molecular complexity index is 217. The molecule has 0 aliphatic heterocycles. The number of carbonyl (C=O) groups is 1. The number of alkyl carbamates (subject to hydrolysis) is 1. The van der Waals surface area contributed by atoms with E-state index in [0.29, 0.717) is 0 Å². The van der Waals surface area contributed by atoms with Crippen molar-refractivity contribution in [3.63, 3.8) is 0 Å². The van der Waals surface area contributed by atoms with E-state index in [1.165, 1.54) is 7.11 Å². The van der Waals surface area contributed by atoms with Gasteiger partial charge in [0.1, 0.15) is 0 Å². The minimum absolute atomic E-state index is 0.201. The van der Waals surface area contributed by atoms with Crippen LogP contribution in [0.15, 0.2) is 12.2 Å². The third-order valence-corrected chi connectivity index (χ3v) is 2.80. The predicted molar refractivity (Wildman–Crippen MR) is 51.6 cm³/mol. The summed E-state index contributed by atoms with van der Waals surface area (Å²) in [6.45, 7) is 5.89. The summed E-state index contributed by atoms with van der Waals surface area (Å²) in [4.78, 5) is 11.1. The summed E-state index contributed by atoms with van der Waals surface area (Å²) in [5.74, 6) is 0. The molecular formula is C10H17NO2. The van der Waals surface area contributed by atoms with Gasteiger partial charge in [-0.1, -0.05) is 25.0 Å². The van der Waals surface area contributed by atoms with E-state index >= 15 is 0 Å². The molecule has 0 aromatic heterocycles. The van der Waals surface area contributed by atoms with E-state index in [1.54, 1.807) is 0 Å². The Balaban J connectivity index is 2.68. The van der Waals surface area contributed by atoms with Gasteiger partial charge in [0, 0.05) is 0 Å². The van der Waals surface area contributed by atoms with Gasteiger partial charge in [-0.15, -0.1) is 0 Å². The van der Waals surface area contributed by atoms with Crippen LogP contribution >= 0.6 is 0 Å². The molecule has 0 aromatic rings. The van der Waals surface area contributed by atoms with Crippen molar-refractivity contribution in [3.8, 4) is 0 Å². The number of rotatable bonds is 2. The average molecular weight is 183 g/mol. The van der Waals surface area contributed by atoms with E-state index in [-0.39, 0.29) is 11.6 Å². The molecule has 0 atom stereocenters. The Kier molecular flexibility index (Phi) is 2.96. The van der Waals surface area contributed by atoms with Gasteiger partial charge in [0.05, 0.1) is 12.6 Å². The molecule has 0 heterocycles. The summed E-state index contributed by atoms with van der Waals surface area (Å²) >= 11 is 0. The third-order valence-electron chi connectivity index (χ3n) is 2.80. The van der Waals surface area contributed by atoms with E-state index < -0.39 is 0 Å². The SMILES string of the molecule is C=C(C)C1(NC(=O)OC)CCCC1. The quantitative estimate of drug-likeness (QED) is 0.667. The van der Waals surface area contributed by atoms with Gasteiger partial charge in [-0.25, -0.2) is 4.79 Å². The van der Waals surface area contributed by atoms with Crippen LogP contribution in [-0.4, -0.2) is 18.7 Å². The third kappa shape index (κ3) is 2.02. The van der Waals surface area contributed by atoms with Crippen LogP contribution in [0.2, 0.25) is 0 Å². The summed E-state index contributed by atoms with van der Waals surface area (Å²) in [5.41, 5.74) is 0.822. The second kappa shape index (κ2) is 3.81. The van der Waals surface area contributed by atoms with Crippen LogP contribution in [-0.2, 0) is 4.74 Å². The largest absolute Gasteiger partial charge is 0.453 e. The fraction of sp³-hybridized carbons (Fsp3) is 0.700. The fourth-order valence-corrected chi connectivity index (χ4v) is 1.88. The molecule has 0 spiro atoms. The standard InChI is InChI=1S/C10H17NO2/c1-8(2)10(6-4-5-7-10)11-9(12)13-3/h1,4-7H2,2-3H3,(H,11,12). The van der Waals surface area contributed by atoms with Gasteiger partial charge in [0.2, 0.25) is 0 Å². The first-order chi connectivity index (χ1) is 6.10. The maximum absolute atomic E-state index is 11.1. The van der Waals surface area contributed by atoms with Crippen molar-refractivity contribution in [1.29, 1.82) is 0 Å². The normalized spacial score (nSPS) is 19.5. The average Bonchev–Trinajstić information content (AvgIpc) is 2.54. The van der Waals surface area contributed by atoms with E-state index in [0.717, 1.165) is 31.3 Å². The molecule has 1 aliphatic rings. The zero-order valence-corrected chi connectivity index (χ0v) is 8.35. The number of nitrogens with one attached hydrogen (secondary N) is 1. The fourth-order valence-electron chi connectivity index (χ4n) is 1.88. The molecule has 1 aliphatic carbocycles. The van der Waals surface area contributed by atoms with Crippen molar-refractivity contribution in [2.45, 2.75) is 38.1 Å². The van der Waals surface area contributed by atoms with Gasteiger partial charge < -0.3 is 10.1 Å². The first-order valence-electron chi connectivity index (χ1n) is 4.63. The number of methoxy groups -OCH3 is 1. The molecule has 0 saturated heterocycles. The van der Waals surface area contributed by atoms with Crippen LogP contribution in [0.4, 0.5) is 4.79 Å². The monoisotopic (exact) mass is 183 g/mol. The number of carbonyl (C=O) groups excluding carboxylic acids is 1. The Labute approximate surface area is 79.2 Å². The Morgan fingerprint density at radius 2 is 2.00 bits per heavy atom. The van der Waals surface area contributed by atoms with Crippen molar-refractivity contribution in [2.24, 2.45) is 0 Å². The van der Waals surface area contributed by atoms with Gasteiger partial charge in [0.15, 0.2) is 0 Å². The first kappa shape index (κ1) is 10.1. The van der Waals surface area contributed by atoms with E-state index in [1.807, 2.05) is 6.92 Å². The highest BCUT2D eigenvalue weighted by Gasteiger charge is 2.36. The molecule has 74 valence electrons. The molecule has 0 radical (unpaired) electrons. The molecule has 1 rings (SSSR count). The van der Waals surface area contributed by atoms with Gasteiger partial charge in [-0.3, -0.25) is 0 Å². The zero-order chi connectivity index (χ0) is 9.90. The predicted octanol–water partition coefficient (Wildman–Crippen LogP) is 2.23. The number of ether oxygens (including phenoxy) is 1. The van der Waals surface area contributed by atoms with Crippen molar-refractivity contribution in [1.82, 2.24) is 5.32 Å². The van der Waals surface area contributed by atoms with Crippen LogP contribution in [0.1, 0.15) is 32.6 Å². The molecular weight excluding hydrogens is 166 g/mol.